The molecule has 0 saturated heterocycles. The topological polar surface area (TPSA) is 47.4 Å². The maximum absolute atomic E-state index is 13.2. The number of aromatic nitrogens is 2. The Bertz CT molecular complexity index is 981. The lowest BCUT2D eigenvalue weighted by molar-refractivity contribution is -0.132. The monoisotopic (exact) mass is 407 g/mol. The summed E-state index contributed by atoms with van der Waals surface area (Å²) in [6.07, 6.45) is 0. The van der Waals surface area contributed by atoms with Crippen LogP contribution in [0.3, 0.4) is 0 Å². The molecule has 160 valence electrons. The van der Waals surface area contributed by atoms with Gasteiger partial charge in [-0.3, -0.25) is 4.79 Å². The molecule has 5 heteroatoms. The van der Waals surface area contributed by atoms with Crippen molar-refractivity contribution in [2.75, 3.05) is 13.1 Å². The number of amides is 1. The second-order valence-corrected chi connectivity index (χ2v) is 8.74. The maximum Gasteiger partial charge on any atom is 0.242 e. The number of imidazole rings is 1. The number of nitrogens with zero attached hydrogens (tertiary/aromatic N) is 3. The average molecular weight is 408 g/mol. The molecule has 1 amide bonds. The minimum absolute atomic E-state index is 0.123. The lowest BCUT2D eigenvalue weighted by Gasteiger charge is -2.27. The van der Waals surface area contributed by atoms with Gasteiger partial charge in [0.05, 0.1) is 11.0 Å². The van der Waals surface area contributed by atoms with Crippen LogP contribution >= 0.6 is 0 Å². The molecule has 0 bridgehead atoms. The third-order valence-corrected chi connectivity index (χ3v) is 5.00. The van der Waals surface area contributed by atoms with E-state index in [0.717, 1.165) is 41.3 Å². The lowest BCUT2D eigenvalue weighted by Crippen LogP contribution is -2.39. The van der Waals surface area contributed by atoms with Crippen LogP contribution in [0, 0.1) is 18.8 Å². The second kappa shape index (κ2) is 9.79. The molecule has 1 aromatic heterocycles. The molecule has 0 spiro atoms. The van der Waals surface area contributed by atoms with E-state index in [1.165, 1.54) is 0 Å². The van der Waals surface area contributed by atoms with Crippen molar-refractivity contribution in [3.63, 3.8) is 0 Å². The van der Waals surface area contributed by atoms with Crippen LogP contribution in [0.4, 0.5) is 0 Å². The fraction of sp³-hybridized carbons (Fsp3) is 0.440. The van der Waals surface area contributed by atoms with E-state index in [-0.39, 0.29) is 12.5 Å². The van der Waals surface area contributed by atoms with Crippen molar-refractivity contribution in [3.8, 4) is 5.75 Å². The Morgan fingerprint density at radius 3 is 2.30 bits per heavy atom. The van der Waals surface area contributed by atoms with Gasteiger partial charge in [0.1, 0.15) is 24.7 Å². The molecule has 0 saturated carbocycles. The van der Waals surface area contributed by atoms with E-state index in [1.54, 1.807) is 0 Å². The van der Waals surface area contributed by atoms with Crippen LogP contribution in [-0.4, -0.2) is 33.4 Å². The summed E-state index contributed by atoms with van der Waals surface area (Å²) in [6, 6.07) is 15.9. The highest BCUT2D eigenvalue weighted by atomic mass is 16.5. The highest BCUT2D eigenvalue weighted by Crippen LogP contribution is 2.21. The summed E-state index contributed by atoms with van der Waals surface area (Å²) in [5.74, 6) is 2.58. The first-order valence-corrected chi connectivity index (χ1v) is 10.8. The summed E-state index contributed by atoms with van der Waals surface area (Å²) < 4.78 is 8.06. The van der Waals surface area contributed by atoms with Crippen molar-refractivity contribution in [2.45, 2.75) is 47.8 Å². The number of hydrogen-bond acceptors (Lipinski definition) is 3. The standard InChI is InChI=1S/C25H33N3O2/c1-18(2)14-27(15-19(3)4)25(29)16-28-22-12-8-7-11-21(22)26-24(28)17-30-23-13-9-6-10-20(23)5/h6-13,18-19H,14-17H2,1-5H3. The number of para-hydroxylation sites is 3. The molecular weight excluding hydrogens is 374 g/mol. The normalized spacial score (nSPS) is 11.4. The molecule has 2 aromatic carbocycles. The number of hydrogen-bond donors (Lipinski definition) is 0. The van der Waals surface area contributed by atoms with Gasteiger partial charge in [-0.15, -0.1) is 0 Å². The van der Waals surface area contributed by atoms with Gasteiger partial charge in [0.2, 0.25) is 5.91 Å². The summed E-state index contributed by atoms with van der Waals surface area (Å²) in [5.41, 5.74) is 2.92. The van der Waals surface area contributed by atoms with E-state index >= 15 is 0 Å². The highest BCUT2D eigenvalue weighted by molar-refractivity contribution is 5.81. The smallest absolute Gasteiger partial charge is 0.242 e. The van der Waals surface area contributed by atoms with Crippen molar-refractivity contribution in [1.82, 2.24) is 14.5 Å². The number of ether oxygens (including phenoxy) is 1. The predicted molar refractivity (Wildman–Crippen MR) is 122 cm³/mol. The minimum atomic E-state index is 0.123. The van der Waals surface area contributed by atoms with Crippen LogP contribution in [0.1, 0.15) is 39.1 Å². The van der Waals surface area contributed by atoms with E-state index in [9.17, 15) is 4.79 Å². The number of fused-ring (bicyclic) bond motifs is 1. The molecule has 30 heavy (non-hydrogen) atoms. The van der Waals surface area contributed by atoms with Gasteiger partial charge in [0, 0.05) is 13.1 Å². The van der Waals surface area contributed by atoms with Crippen LogP contribution in [0.25, 0.3) is 11.0 Å². The minimum Gasteiger partial charge on any atom is -0.485 e. The lowest BCUT2D eigenvalue weighted by atomic mass is 10.1. The van der Waals surface area contributed by atoms with E-state index in [4.69, 9.17) is 9.72 Å². The Kier molecular flexibility index (Phi) is 7.14. The number of carbonyl (C=O) groups excluding carboxylic acids is 1. The van der Waals surface area contributed by atoms with Gasteiger partial charge in [-0.1, -0.05) is 58.0 Å². The second-order valence-electron chi connectivity index (χ2n) is 8.74. The number of carbonyl (C=O) groups is 1. The zero-order valence-electron chi connectivity index (χ0n) is 18.8. The molecule has 3 rings (SSSR count). The molecule has 0 aliphatic carbocycles. The van der Waals surface area contributed by atoms with Gasteiger partial charge >= 0.3 is 0 Å². The quantitative estimate of drug-likeness (QED) is 0.498. The van der Waals surface area contributed by atoms with Gasteiger partial charge in [0.15, 0.2) is 0 Å². The third kappa shape index (κ3) is 5.41. The van der Waals surface area contributed by atoms with E-state index in [0.29, 0.717) is 18.4 Å². The molecule has 0 radical (unpaired) electrons. The summed E-state index contributed by atoms with van der Waals surface area (Å²) in [5, 5.41) is 0. The Labute approximate surface area is 179 Å². The van der Waals surface area contributed by atoms with Gasteiger partial charge in [-0.05, 0) is 42.5 Å². The predicted octanol–water partition coefficient (Wildman–Crippen LogP) is 5.06. The third-order valence-electron chi connectivity index (χ3n) is 5.00. The van der Waals surface area contributed by atoms with Crippen LogP contribution in [0.15, 0.2) is 48.5 Å². The van der Waals surface area contributed by atoms with Gasteiger partial charge in [-0.25, -0.2) is 4.98 Å². The largest absolute Gasteiger partial charge is 0.485 e. The molecule has 0 aliphatic rings. The number of benzene rings is 2. The van der Waals surface area contributed by atoms with E-state index in [2.05, 4.69) is 27.7 Å². The molecule has 0 unspecified atom stereocenters. The molecule has 5 nitrogen and oxygen atoms in total. The van der Waals surface area contributed by atoms with Gasteiger partial charge in [0.25, 0.3) is 0 Å². The Morgan fingerprint density at radius 1 is 1.00 bits per heavy atom. The summed E-state index contributed by atoms with van der Waals surface area (Å²) in [4.78, 5) is 20.0. The first-order chi connectivity index (χ1) is 14.3. The van der Waals surface area contributed by atoms with Crippen molar-refractivity contribution in [1.29, 1.82) is 0 Å². The molecule has 0 fully saturated rings. The van der Waals surface area contributed by atoms with Crippen LogP contribution in [0.5, 0.6) is 5.75 Å². The molecule has 0 atom stereocenters. The molecular formula is C25H33N3O2. The number of aryl methyl sites for hydroxylation is 1. The highest BCUT2D eigenvalue weighted by Gasteiger charge is 2.20. The van der Waals surface area contributed by atoms with Crippen molar-refractivity contribution in [3.05, 3.63) is 59.9 Å². The van der Waals surface area contributed by atoms with Crippen LogP contribution in [-0.2, 0) is 17.9 Å². The van der Waals surface area contributed by atoms with Crippen LogP contribution < -0.4 is 4.74 Å². The van der Waals surface area contributed by atoms with Crippen molar-refractivity contribution in [2.24, 2.45) is 11.8 Å². The Balaban J connectivity index is 1.87. The average Bonchev–Trinajstić information content (AvgIpc) is 3.03. The summed E-state index contributed by atoms with van der Waals surface area (Å²) in [7, 11) is 0. The Morgan fingerprint density at radius 2 is 1.63 bits per heavy atom. The van der Waals surface area contributed by atoms with Gasteiger partial charge < -0.3 is 14.2 Å². The Hall–Kier alpha value is -2.82. The van der Waals surface area contributed by atoms with Crippen LogP contribution in [0.2, 0.25) is 0 Å². The maximum atomic E-state index is 13.2. The van der Waals surface area contributed by atoms with Crippen molar-refractivity contribution < 1.29 is 9.53 Å². The molecule has 3 aromatic rings. The zero-order valence-corrected chi connectivity index (χ0v) is 18.8. The fourth-order valence-electron chi connectivity index (χ4n) is 3.67. The molecule has 1 heterocycles. The fourth-order valence-corrected chi connectivity index (χ4v) is 3.67. The SMILES string of the molecule is Cc1ccccc1OCc1nc2ccccc2n1CC(=O)N(CC(C)C)CC(C)C. The zero-order chi connectivity index (χ0) is 21.7. The van der Waals surface area contributed by atoms with E-state index < -0.39 is 0 Å². The van der Waals surface area contributed by atoms with E-state index in [1.807, 2.05) is 64.9 Å². The molecule has 0 aliphatic heterocycles. The first-order valence-electron chi connectivity index (χ1n) is 10.8. The van der Waals surface area contributed by atoms with Gasteiger partial charge in [-0.2, -0.15) is 0 Å². The first kappa shape index (κ1) is 21.9. The number of rotatable bonds is 9. The summed E-state index contributed by atoms with van der Waals surface area (Å²) in [6.45, 7) is 12.7. The van der Waals surface area contributed by atoms with Crippen molar-refractivity contribution >= 4 is 16.9 Å². The molecule has 0 N–H and O–H groups in total. The summed E-state index contributed by atoms with van der Waals surface area (Å²) >= 11 is 0.